The third-order valence-electron chi connectivity index (χ3n) is 3.33. The Morgan fingerprint density at radius 2 is 1.12 bits per heavy atom. The molecular weight excluding hydrogens is 253 g/mol. The van der Waals surface area contributed by atoms with Crippen molar-refractivity contribution in [1.82, 2.24) is 14.0 Å². The summed E-state index contributed by atoms with van der Waals surface area (Å²) in [6.45, 7) is 0. The maximum absolute atomic E-state index is 7.24. The minimum absolute atomic E-state index is 1.15. The molecule has 1 rings (SSSR count). The molecule has 1 aromatic rings. The molecule has 0 bridgehead atoms. The summed E-state index contributed by atoms with van der Waals surface area (Å²) < 4.78 is 6.42. The molecule has 1 aromatic carbocycles. The van der Waals surface area contributed by atoms with Gasteiger partial charge in [-0.1, -0.05) is 0 Å². The molecule has 3 nitrogen and oxygen atoms in total. The van der Waals surface area contributed by atoms with Crippen molar-refractivity contribution in [1.29, 1.82) is 0 Å². The number of hydrogen-bond acceptors (Lipinski definition) is 3. The van der Waals surface area contributed by atoms with E-state index in [2.05, 4.69) is 26.1 Å². The van der Waals surface area contributed by atoms with Gasteiger partial charge in [0, 0.05) is 0 Å². The Balaban J connectivity index is 3.59. The number of rotatable bonds is 4. The van der Waals surface area contributed by atoms with Gasteiger partial charge >= 0.3 is 110 Å². The van der Waals surface area contributed by atoms with E-state index >= 15 is 0 Å². The molecule has 0 saturated heterocycles. The van der Waals surface area contributed by atoms with Crippen molar-refractivity contribution in [3.05, 3.63) is 30.3 Å². The van der Waals surface area contributed by atoms with Crippen LogP contribution in [0, 0.1) is 0 Å². The molecule has 0 atom stereocenters. The Kier molecular flexibility index (Phi) is 4.23. The van der Waals surface area contributed by atoms with Crippen molar-refractivity contribution in [2.75, 3.05) is 42.3 Å². The first-order valence-electron chi connectivity index (χ1n) is 5.59. The average Bonchev–Trinajstić information content (AvgIpc) is 2.28. The number of nitrogens with zero attached hydrogens (tertiary/aromatic N) is 3. The van der Waals surface area contributed by atoms with E-state index in [4.69, 9.17) is 11.2 Å². The van der Waals surface area contributed by atoms with Crippen molar-refractivity contribution in [3.63, 3.8) is 0 Å². The van der Waals surface area contributed by atoms with E-state index < -0.39 is 6.41 Å². The van der Waals surface area contributed by atoms with Gasteiger partial charge in [-0.2, -0.15) is 0 Å². The topological polar surface area (TPSA) is 9.72 Å². The predicted molar refractivity (Wildman–Crippen MR) is 79.9 cm³/mol. The molecule has 0 N–H and O–H groups in total. The predicted octanol–water partition coefficient (Wildman–Crippen LogP) is 2.45. The van der Waals surface area contributed by atoms with Crippen molar-refractivity contribution >= 4 is 23.0 Å². The van der Waals surface area contributed by atoms with E-state index in [1.54, 1.807) is 0 Å². The van der Waals surface area contributed by atoms with Gasteiger partial charge in [-0.05, 0) is 0 Å². The molecule has 0 radical (unpaired) electrons. The summed E-state index contributed by atoms with van der Waals surface area (Å²) in [5.74, 6) is 0. The van der Waals surface area contributed by atoms with Crippen LogP contribution in [0.25, 0.3) is 0 Å². The van der Waals surface area contributed by atoms with E-state index in [1.807, 2.05) is 60.5 Å². The summed E-state index contributed by atoms with van der Waals surface area (Å²) in [4.78, 5) is 0. The van der Waals surface area contributed by atoms with Crippen molar-refractivity contribution in [2.45, 2.75) is 0 Å². The first kappa shape index (κ1) is 14.9. The van der Waals surface area contributed by atoms with Crippen LogP contribution in [0.4, 0.5) is 0 Å². The summed E-state index contributed by atoms with van der Waals surface area (Å²) in [5.41, 5.74) is 0. The van der Waals surface area contributed by atoms with Crippen LogP contribution in [0.3, 0.4) is 0 Å². The Hall–Kier alpha value is -0.180. The van der Waals surface area contributed by atoms with Crippen LogP contribution in [-0.4, -0.2) is 56.3 Å². The number of hydrogen-bond donors (Lipinski definition) is 0. The average molecular weight is 276 g/mol. The molecule has 0 aliphatic heterocycles. The van der Waals surface area contributed by atoms with Gasteiger partial charge in [0.2, 0.25) is 0 Å². The third kappa shape index (κ3) is 1.91. The number of benzene rings is 1. The zero-order valence-electron chi connectivity index (χ0n) is 11.6. The van der Waals surface area contributed by atoms with Crippen LogP contribution in [-0.2, 0) is 0 Å². The molecule has 17 heavy (non-hydrogen) atoms. The monoisotopic (exact) mass is 275 g/mol. The van der Waals surface area contributed by atoms with Gasteiger partial charge in [0.1, 0.15) is 0 Å². The summed E-state index contributed by atoms with van der Waals surface area (Å²) in [6.07, 6.45) is -2.92. The molecule has 0 aliphatic rings. The van der Waals surface area contributed by atoms with Crippen LogP contribution in [0.1, 0.15) is 0 Å². The van der Waals surface area contributed by atoms with Crippen molar-refractivity contribution in [2.24, 2.45) is 0 Å². The molecular formula is C12H23ClN3P. The van der Waals surface area contributed by atoms with Gasteiger partial charge in [-0.3, -0.25) is 0 Å². The molecule has 0 heterocycles. The van der Waals surface area contributed by atoms with Crippen LogP contribution in [0.5, 0.6) is 0 Å². The summed E-state index contributed by atoms with van der Waals surface area (Å²) in [7, 11) is 12.2. The fourth-order valence-corrected chi connectivity index (χ4v) is 7.01. The zero-order valence-corrected chi connectivity index (χ0v) is 13.2. The first-order valence-corrected chi connectivity index (χ1v) is 8.59. The van der Waals surface area contributed by atoms with E-state index in [0.29, 0.717) is 0 Å². The maximum atomic E-state index is 7.24. The Morgan fingerprint density at radius 3 is 1.41 bits per heavy atom. The minimum atomic E-state index is -2.92. The van der Waals surface area contributed by atoms with Crippen LogP contribution in [0.15, 0.2) is 30.3 Å². The fourth-order valence-electron chi connectivity index (χ4n) is 2.45. The fraction of sp³-hybridized carbons (Fsp3) is 0.500. The van der Waals surface area contributed by atoms with E-state index in [0.717, 1.165) is 5.30 Å². The van der Waals surface area contributed by atoms with Crippen molar-refractivity contribution in [3.8, 4) is 0 Å². The second-order valence-electron chi connectivity index (χ2n) is 4.76. The molecule has 98 valence electrons. The molecule has 0 unspecified atom stereocenters. The molecule has 0 saturated carbocycles. The van der Waals surface area contributed by atoms with Gasteiger partial charge in [-0.15, -0.1) is 0 Å². The van der Waals surface area contributed by atoms with Gasteiger partial charge < -0.3 is 0 Å². The standard InChI is InChI=1S/C12H23ClN3P/c1-14(2)17(13,15(3)4,16(5)6)12-10-8-7-9-11-12/h7-11H,1-6H3. The van der Waals surface area contributed by atoms with Crippen molar-refractivity contribution < 1.29 is 0 Å². The van der Waals surface area contributed by atoms with Gasteiger partial charge in [-0.25, -0.2) is 0 Å². The van der Waals surface area contributed by atoms with Gasteiger partial charge in [0.05, 0.1) is 0 Å². The second-order valence-corrected chi connectivity index (χ2v) is 11.3. The summed E-state index contributed by atoms with van der Waals surface area (Å²) >= 11 is 7.24. The normalized spacial score (nSPS) is 15.3. The molecule has 0 aromatic heterocycles. The van der Waals surface area contributed by atoms with Crippen LogP contribution < -0.4 is 5.30 Å². The van der Waals surface area contributed by atoms with Gasteiger partial charge in [0.25, 0.3) is 0 Å². The molecule has 0 fully saturated rings. The Morgan fingerprint density at radius 1 is 0.765 bits per heavy atom. The van der Waals surface area contributed by atoms with E-state index in [1.165, 1.54) is 0 Å². The molecule has 0 amide bonds. The Labute approximate surface area is 110 Å². The second kappa shape index (κ2) is 4.83. The van der Waals surface area contributed by atoms with E-state index in [9.17, 15) is 0 Å². The molecule has 0 aliphatic carbocycles. The van der Waals surface area contributed by atoms with Crippen LogP contribution >= 0.6 is 17.6 Å². The Bertz CT molecular complexity index is 354. The first-order chi connectivity index (χ1) is 7.76. The quantitative estimate of drug-likeness (QED) is 0.782. The van der Waals surface area contributed by atoms with E-state index in [-0.39, 0.29) is 0 Å². The number of halogens is 1. The molecule has 5 heteroatoms. The zero-order chi connectivity index (χ0) is 13.3. The summed E-state index contributed by atoms with van der Waals surface area (Å²) in [6, 6.07) is 10.3. The van der Waals surface area contributed by atoms with Gasteiger partial charge in [0.15, 0.2) is 0 Å². The summed E-state index contributed by atoms with van der Waals surface area (Å²) in [5, 5.41) is 1.15. The third-order valence-corrected chi connectivity index (χ3v) is 12.1. The van der Waals surface area contributed by atoms with Crippen LogP contribution in [0.2, 0.25) is 0 Å². The molecule has 0 spiro atoms. The SMILES string of the molecule is CN(C)P(Cl)(c1ccccc1)(N(C)C)N(C)C.